The van der Waals surface area contributed by atoms with Gasteiger partial charge in [0, 0.05) is 88.2 Å². The molecule has 4 amide bonds. The molecule has 5 aliphatic rings. The van der Waals surface area contributed by atoms with Crippen LogP contribution in [0.1, 0.15) is 87.4 Å². The zero-order valence-electron chi connectivity index (χ0n) is 55.1. The van der Waals surface area contributed by atoms with E-state index in [0.29, 0.717) is 79.0 Å². The number of likely N-dealkylation sites (N-methyl/N-ethyl adjacent to an activating group) is 1. The number of likely N-dealkylation sites (tertiary alicyclic amines) is 1. The number of amides is 4. The highest BCUT2D eigenvalue weighted by Gasteiger charge is 2.45. The number of hydrogen-bond donors (Lipinski definition) is 4. The molecule has 1 saturated carbocycles. The molecule has 5 atom stereocenters. The van der Waals surface area contributed by atoms with Crippen molar-refractivity contribution in [1.82, 2.24) is 50.8 Å². The number of sulfone groups is 1. The Kier molecular flexibility index (Phi) is 26.1. The number of aryl methyl sites for hydroxylation is 1. The molecule has 0 bridgehead atoms. The first-order valence-electron chi connectivity index (χ1n) is 33.8. The number of nitrogens with one attached hydrogen (secondary N) is 4. The Morgan fingerprint density at radius 1 is 0.716 bits per heavy atom. The molecule has 3 aliphatic heterocycles. The van der Waals surface area contributed by atoms with Crippen LogP contribution in [0.2, 0.25) is 0 Å². The van der Waals surface area contributed by atoms with E-state index in [9.17, 15) is 27.6 Å². The molecule has 2 aliphatic carbocycles. The van der Waals surface area contributed by atoms with Crippen molar-refractivity contribution in [3.8, 4) is 33.9 Å². The van der Waals surface area contributed by atoms with Gasteiger partial charge in [0.1, 0.15) is 30.3 Å². The topological polar surface area (TPSA) is 245 Å². The number of fused-ring (bicyclic) bond motifs is 2. The molecule has 10 rings (SSSR count). The Morgan fingerprint density at radius 3 is 2.13 bits per heavy atom. The van der Waals surface area contributed by atoms with Crippen LogP contribution in [0.3, 0.4) is 0 Å². The molecule has 4 N–H and O–H groups in total. The number of benzene rings is 4. The predicted molar refractivity (Wildman–Crippen MR) is 356 cm³/mol. The van der Waals surface area contributed by atoms with E-state index in [1.165, 1.54) is 17.7 Å². The number of methoxy groups -OCH3 is 1. The lowest BCUT2D eigenvalue weighted by molar-refractivity contribution is -0.143. The molecule has 5 aromatic rings. The zero-order valence-corrected chi connectivity index (χ0v) is 56.0. The van der Waals surface area contributed by atoms with Crippen molar-refractivity contribution in [2.75, 3.05) is 144 Å². The number of carbonyl (C=O) groups is 4. The molecule has 4 heterocycles. The second kappa shape index (κ2) is 34.9. The molecule has 0 spiro atoms. The van der Waals surface area contributed by atoms with E-state index < -0.39 is 45.6 Å². The molecule has 516 valence electrons. The maximum atomic E-state index is 15.6. The minimum Gasteiger partial charge on any atom is -0.493 e. The van der Waals surface area contributed by atoms with E-state index in [1.54, 1.807) is 55.3 Å². The van der Waals surface area contributed by atoms with Crippen LogP contribution in [-0.4, -0.2) is 230 Å². The van der Waals surface area contributed by atoms with Gasteiger partial charge < -0.3 is 59.5 Å². The van der Waals surface area contributed by atoms with Crippen LogP contribution in [0.15, 0.2) is 79.0 Å². The van der Waals surface area contributed by atoms with Gasteiger partial charge >= 0.3 is 0 Å². The summed E-state index contributed by atoms with van der Waals surface area (Å²) in [5.74, 6) is -1.60. The number of hydrogen-bond acceptors (Lipinski definition) is 18. The molecule has 4 fully saturated rings. The highest BCUT2D eigenvalue weighted by molar-refractivity contribution is 7.91. The quantitative estimate of drug-likeness (QED) is 0.0367. The molecule has 95 heavy (non-hydrogen) atoms. The number of rotatable bonds is 32. The van der Waals surface area contributed by atoms with Crippen LogP contribution in [0.4, 0.5) is 8.78 Å². The minimum absolute atomic E-state index is 0.0224. The van der Waals surface area contributed by atoms with Crippen molar-refractivity contribution in [3.05, 3.63) is 107 Å². The van der Waals surface area contributed by atoms with Crippen molar-refractivity contribution < 1.29 is 64.8 Å². The third-order valence-corrected chi connectivity index (χ3v) is 20.6. The highest BCUT2D eigenvalue weighted by Crippen LogP contribution is 2.36. The molecule has 4 aromatic carbocycles. The van der Waals surface area contributed by atoms with Gasteiger partial charge in [-0.25, -0.2) is 22.2 Å². The molecule has 3 saturated heterocycles. The summed E-state index contributed by atoms with van der Waals surface area (Å²) in [6.45, 7) is 10.8. The third-order valence-electron chi connectivity index (χ3n) is 19.0. The summed E-state index contributed by atoms with van der Waals surface area (Å²) in [6, 6.07) is 18.8. The minimum atomic E-state index is -3.13. The Balaban J connectivity index is 0.573. The SMILES string of the molecule is CN[C@@H](C)C(=O)N[C@H](C(=O)N1C[C@@H](NC(=O)COCCOCCOCCOCCN2CCN(CCCOc3ccc(-c4cnc5cccc(-c6cc(F)c(CN7CCS(=O)(=O)CC7)c(F)c6)c5n4)cc3OC)CC2)C[C@H]1C(=O)N[C@@H]1CCCc2ccccc21)C1CCCCC1. The van der Waals surface area contributed by atoms with E-state index in [4.69, 9.17) is 33.4 Å². The summed E-state index contributed by atoms with van der Waals surface area (Å²) in [5, 5.41) is 12.3. The lowest BCUT2D eigenvalue weighted by atomic mass is 9.83. The molecule has 22 nitrogen and oxygen atoms in total. The van der Waals surface area contributed by atoms with Crippen LogP contribution < -0.4 is 30.7 Å². The van der Waals surface area contributed by atoms with Gasteiger partial charge in [-0.05, 0) is 118 Å². The number of halogens is 2. The monoisotopic (exact) mass is 1340 g/mol. The van der Waals surface area contributed by atoms with E-state index >= 15 is 8.78 Å². The van der Waals surface area contributed by atoms with Gasteiger partial charge in [0.05, 0.1) is 106 Å². The Morgan fingerprint density at radius 2 is 1.41 bits per heavy atom. The van der Waals surface area contributed by atoms with Crippen LogP contribution in [0.25, 0.3) is 33.4 Å². The van der Waals surface area contributed by atoms with Gasteiger partial charge in [0.25, 0.3) is 0 Å². The van der Waals surface area contributed by atoms with Crippen LogP contribution in [0, 0.1) is 17.6 Å². The summed E-state index contributed by atoms with van der Waals surface area (Å²) in [5.41, 5.74) is 5.35. The summed E-state index contributed by atoms with van der Waals surface area (Å²) in [7, 11) is 0.155. The lowest BCUT2D eigenvalue weighted by Gasteiger charge is -2.35. The van der Waals surface area contributed by atoms with Gasteiger partial charge in [-0.2, -0.15) is 0 Å². The molecule has 0 radical (unpaired) electrons. The number of carbonyl (C=O) groups excluding carboxylic acids is 4. The second-order valence-corrected chi connectivity index (χ2v) is 27.8. The number of piperazine rings is 1. The van der Waals surface area contributed by atoms with Crippen molar-refractivity contribution in [2.45, 2.75) is 108 Å². The Hall–Kier alpha value is -6.81. The fourth-order valence-electron chi connectivity index (χ4n) is 13.4. The average molecular weight is 1340 g/mol. The van der Waals surface area contributed by atoms with E-state index in [0.717, 1.165) is 108 Å². The molecule has 25 heteroatoms. The van der Waals surface area contributed by atoms with Gasteiger partial charge in [-0.15, -0.1) is 0 Å². The second-order valence-electron chi connectivity index (χ2n) is 25.5. The van der Waals surface area contributed by atoms with Crippen molar-refractivity contribution >= 4 is 44.5 Å². The summed E-state index contributed by atoms with van der Waals surface area (Å²) >= 11 is 0. The van der Waals surface area contributed by atoms with Gasteiger partial charge in [-0.1, -0.05) is 55.7 Å². The maximum Gasteiger partial charge on any atom is 0.246 e. The van der Waals surface area contributed by atoms with E-state index in [-0.39, 0.29) is 105 Å². The fraction of sp³-hybridized carbons (Fsp3) is 0.571. The summed E-state index contributed by atoms with van der Waals surface area (Å²) in [4.78, 5) is 73.2. The number of para-hydroxylation sites is 1. The molecule has 1 aromatic heterocycles. The number of aromatic nitrogens is 2. The van der Waals surface area contributed by atoms with E-state index in [2.05, 4.69) is 48.2 Å². The average Bonchev–Trinajstić information content (AvgIpc) is 1.78. The first-order valence-corrected chi connectivity index (χ1v) is 35.6. The maximum absolute atomic E-state index is 15.6. The summed E-state index contributed by atoms with van der Waals surface area (Å²) in [6.07, 6.45) is 10.0. The smallest absolute Gasteiger partial charge is 0.246 e. The Bertz CT molecular complexity index is 3470. The first-order chi connectivity index (χ1) is 46.1. The Labute approximate surface area is 556 Å². The zero-order chi connectivity index (χ0) is 66.7. The van der Waals surface area contributed by atoms with Crippen molar-refractivity contribution in [1.29, 1.82) is 0 Å². The van der Waals surface area contributed by atoms with Gasteiger partial charge in [-0.3, -0.25) is 34.0 Å². The lowest BCUT2D eigenvalue weighted by Crippen LogP contribution is -2.58. The van der Waals surface area contributed by atoms with Crippen molar-refractivity contribution in [3.63, 3.8) is 0 Å². The first kappa shape index (κ1) is 71.0. The van der Waals surface area contributed by atoms with Crippen molar-refractivity contribution in [2.24, 2.45) is 5.92 Å². The van der Waals surface area contributed by atoms with Gasteiger partial charge in [0.2, 0.25) is 23.6 Å². The molecular formula is C70H94F2N10O12S. The van der Waals surface area contributed by atoms with Crippen LogP contribution in [0.5, 0.6) is 11.5 Å². The largest absolute Gasteiger partial charge is 0.493 e. The standard InChI is InChI=1S/C70H94F2N10O12S/c1-48(73-2)68(84)78-66(50-13-5-4-6-14-50)70(86)82-45-53(43-62(82)69(85)77-59-18-9-15-49-12-7-8-16-54(49)59)75-65(83)47-93-37-36-92-35-34-91-33-32-90-31-27-80-25-23-79(24-26-80)22-11-30-94-63-21-20-51(42-64(63)89-3)61-44-74-60-19-10-17-55(67(60)76-61)52-40-57(71)56(58(72)41-52)46-81-28-38-95(87,88)39-29-81/h7-8,10,12,16-17,19-21,40-42,44,48,50,53,59,62,66,73H,4-6,9,11,13-15,18,22-39,43,45-47H2,1-3H3,(H,75,83)(H,77,85)(H,78,84)/t48-,53-,59+,62-,66-/m0/s1. The summed E-state index contributed by atoms with van der Waals surface area (Å²) < 4.78 is 89.8. The fourth-order valence-corrected chi connectivity index (χ4v) is 14.7. The third kappa shape index (κ3) is 19.7. The number of ether oxygens (including phenoxy) is 6. The molecule has 0 unspecified atom stereocenters. The molecular weight excluding hydrogens is 1240 g/mol. The van der Waals surface area contributed by atoms with Crippen LogP contribution in [-0.2, 0) is 60.9 Å². The normalized spacial score (nSPS) is 20.2. The number of nitrogens with zero attached hydrogens (tertiary/aromatic N) is 6. The predicted octanol–water partition coefficient (Wildman–Crippen LogP) is 5.89. The van der Waals surface area contributed by atoms with Crippen LogP contribution >= 0.6 is 0 Å². The van der Waals surface area contributed by atoms with E-state index in [1.807, 2.05) is 30.3 Å². The highest BCUT2D eigenvalue weighted by atomic mass is 32.2. The van der Waals surface area contributed by atoms with Gasteiger partial charge in [0.15, 0.2) is 21.3 Å².